The molecule has 1 aromatic heterocycles. The van der Waals surface area contributed by atoms with Crippen LogP contribution in [0.3, 0.4) is 0 Å². The number of nitrogens with one attached hydrogen (secondary N) is 2. The van der Waals surface area contributed by atoms with Gasteiger partial charge in [0.2, 0.25) is 5.89 Å². The van der Waals surface area contributed by atoms with Gasteiger partial charge in [-0.3, -0.25) is 4.79 Å². The van der Waals surface area contributed by atoms with Crippen LogP contribution >= 0.6 is 0 Å². The maximum atomic E-state index is 10.6. The number of aliphatic carboxylic acids is 1. The maximum Gasteiger partial charge on any atom is 0.320 e. The number of aromatic nitrogens is 2. The van der Waals surface area contributed by atoms with Crippen molar-refractivity contribution in [2.45, 2.75) is 25.2 Å². The smallest absolute Gasteiger partial charge is 0.320 e. The summed E-state index contributed by atoms with van der Waals surface area (Å²) in [4.78, 5) is 10.6. The molecule has 1 saturated heterocycles. The number of carboxylic acids is 1. The summed E-state index contributed by atoms with van der Waals surface area (Å²) in [5.74, 6) is 0.0790. The van der Waals surface area contributed by atoms with E-state index in [1.165, 1.54) is 0 Å². The van der Waals surface area contributed by atoms with Crippen LogP contribution in [0.2, 0.25) is 0 Å². The molecule has 3 N–H and O–H groups in total. The lowest BCUT2D eigenvalue weighted by Gasteiger charge is -2.18. The monoisotopic (exact) mass is 302 g/mol. The molecule has 1 atom stereocenters. The van der Waals surface area contributed by atoms with Gasteiger partial charge in [-0.25, -0.2) is 0 Å². The standard InChI is InChI=1S/C15H18N4O3/c20-13(21)8-10-3-5-12(6-4-10)17-15-19-18-14(22-15)11-2-1-7-16-9-11/h3-6,11,16H,1-2,7-9H2,(H,17,19)(H,20,21). The first-order valence-electron chi connectivity index (χ1n) is 7.32. The highest BCUT2D eigenvalue weighted by molar-refractivity contribution is 5.70. The van der Waals surface area contributed by atoms with Crippen LogP contribution in [0.25, 0.3) is 0 Å². The van der Waals surface area contributed by atoms with Crippen molar-refractivity contribution < 1.29 is 14.3 Å². The first-order valence-corrected chi connectivity index (χ1v) is 7.32. The maximum absolute atomic E-state index is 10.6. The molecule has 0 saturated carbocycles. The summed E-state index contributed by atoms with van der Waals surface area (Å²) in [6.45, 7) is 1.91. The summed E-state index contributed by atoms with van der Waals surface area (Å²) < 4.78 is 5.65. The lowest BCUT2D eigenvalue weighted by Crippen LogP contribution is -2.28. The summed E-state index contributed by atoms with van der Waals surface area (Å²) in [6, 6.07) is 7.47. The Morgan fingerprint density at radius 3 is 2.86 bits per heavy atom. The minimum atomic E-state index is -0.844. The number of nitrogens with zero attached hydrogens (tertiary/aromatic N) is 2. The fraction of sp³-hybridized carbons (Fsp3) is 0.400. The highest BCUT2D eigenvalue weighted by Crippen LogP contribution is 2.24. The molecule has 3 rings (SSSR count). The first kappa shape index (κ1) is 14.5. The van der Waals surface area contributed by atoms with E-state index in [1.54, 1.807) is 24.3 Å². The summed E-state index contributed by atoms with van der Waals surface area (Å²) in [5, 5.41) is 23.2. The SMILES string of the molecule is O=C(O)Cc1ccc(Nc2nnc(C3CCCNC3)o2)cc1. The quantitative estimate of drug-likeness (QED) is 0.775. The third kappa shape index (κ3) is 3.62. The fourth-order valence-corrected chi connectivity index (χ4v) is 2.52. The predicted molar refractivity (Wildman–Crippen MR) is 80.2 cm³/mol. The van der Waals surface area contributed by atoms with E-state index in [1.807, 2.05) is 0 Å². The molecule has 1 aromatic carbocycles. The van der Waals surface area contributed by atoms with Gasteiger partial charge in [0, 0.05) is 18.2 Å². The first-order chi connectivity index (χ1) is 10.7. The molecule has 2 heterocycles. The zero-order chi connectivity index (χ0) is 15.4. The number of rotatable bonds is 5. The number of carboxylic acid groups (broad SMARTS) is 1. The van der Waals surface area contributed by atoms with E-state index in [2.05, 4.69) is 20.8 Å². The molecule has 2 aromatic rings. The molecule has 116 valence electrons. The van der Waals surface area contributed by atoms with Crippen LogP contribution in [0, 0.1) is 0 Å². The van der Waals surface area contributed by atoms with E-state index in [9.17, 15) is 4.79 Å². The molecule has 0 radical (unpaired) electrons. The lowest BCUT2D eigenvalue weighted by atomic mass is 10.00. The molecule has 7 nitrogen and oxygen atoms in total. The van der Waals surface area contributed by atoms with Crippen LogP contribution in [0.4, 0.5) is 11.7 Å². The fourth-order valence-electron chi connectivity index (χ4n) is 2.52. The van der Waals surface area contributed by atoms with Gasteiger partial charge in [0.1, 0.15) is 0 Å². The molecule has 0 bridgehead atoms. The summed E-state index contributed by atoms with van der Waals surface area (Å²) in [7, 11) is 0. The normalized spacial score (nSPS) is 18.1. The van der Waals surface area contributed by atoms with Crippen molar-refractivity contribution in [1.82, 2.24) is 15.5 Å². The van der Waals surface area contributed by atoms with Crippen LogP contribution in [-0.4, -0.2) is 34.4 Å². The Morgan fingerprint density at radius 1 is 1.36 bits per heavy atom. The van der Waals surface area contributed by atoms with Crippen LogP contribution in [0.15, 0.2) is 28.7 Å². The van der Waals surface area contributed by atoms with Gasteiger partial charge < -0.3 is 20.2 Å². The molecule has 1 aliphatic rings. The van der Waals surface area contributed by atoms with Crippen molar-refractivity contribution in [3.05, 3.63) is 35.7 Å². The number of hydrogen-bond acceptors (Lipinski definition) is 6. The van der Waals surface area contributed by atoms with Gasteiger partial charge in [-0.05, 0) is 37.1 Å². The lowest BCUT2D eigenvalue weighted by molar-refractivity contribution is -0.136. The highest BCUT2D eigenvalue weighted by atomic mass is 16.4. The molecule has 1 unspecified atom stereocenters. The van der Waals surface area contributed by atoms with E-state index < -0.39 is 5.97 Å². The molecule has 0 spiro atoms. The second kappa shape index (κ2) is 6.57. The van der Waals surface area contributed by atoms with Crippen LogP contribution < -0.4 is 10.6 Å². The minimum absolute atomic E-state index is 0.0136. The second-order valence-electron chi connectivity index (χ2n) is 5.38. The van der Waals surface area contributed by atoms with Crippen molar-refractivity contribution in [2.75, 3.05) is 18.4 Å². The largest absolute Gasteiger partial charge is 0.481 e. The summed E-state index contributed by atoms with van der Waals surface area (Å²) in [6.07, 6.45) is 2.18. The molecular weight excluding hydrogens is 284 g/mol. The number of hydrogen-bond donors (Lipinski definition) is 3. The predicted octanol–water partition coefficient (Wildman–Crippen LogP) is 1.91. The van der Waals surface area contributed by atoms with Gasteiger partial charge in [-0.15, -0.1) is 5.10 Å². The number of piperidine rings is 1. The molecule has 1 fully saturated rings. The van der Waals surface area contributed by atoms with E-state index >= 15 is 0 Å². The Balaban J connectivity index is 1.63. The number of carbonyl (C=O) groups is 1. The van der Waals surface area contributed by atoms with Crippen LogP contribution in [-0.2, 0) is 11.2 Å². The Hall–Kier alpha value is -2.41. The molecule has 1 aliphatic heterocycles. The van der Waals surface area contributed by atoms with E-state index in [-0.39, 0.29) is 12.3 Å². The molecule has 22 heavy (non-hydrogen) atoms. The van der Waals surface area contributed by atoms with Gasteiger partial charge in [0.05, 0.1) is 6.42 Å². The molecular formula is C15H18N4O3. The summed E-state index contributed by atoms with van der Waals surface area (Å²) >= 11 is 0. The minimum Gasteiger partial charge on any atom is -0.481 e. The zero-order valence-corrected chi connectivity index (χ0v) is 12.1. The Morgan fingerprint density at radius 2 is 2.18 bits per heavy atom. The van der Waals surface area contributed by atoms with Gasteiger partial charge in [0.25, 0.3) is 0 Å². The van der Waals surface area contributed by atoms with E-state index in [0.717, 1.165) is 37.2 Å². The topological polar surface area (TPSA) is 100 Å². The van der Waals surface area contributed by atoms with Crippen LogP contribution in [0.1, 0.15) is 30.2 Å². The van der Waals surface area contributed by atoms with Gasteiger partial charge in [-0.2, -0.15) is 0 Å². The number of anilines is 2. The third-order valence-corrected chi connectivity index (χ3v) is 3.65. The zero-order valence-electron chi connectivity index (χ0n) is 12.1. The van der Waals surface area contributed by atoms with Crippen molar-refractivity contribution in [3.8, 4) is 0 Å². The number of benzene rings is 1. The molecule has 0 aliphatic carbocycles. The van der Waals surface area contributed by atoms with Gasteiger partial charge in [-0.1, -0.05) is 17.2 Å². The van der Waals surface area contributed by atoms with Crippen molar-refractivity contribution >= 4 is 17.7 Å². The molecule has 7 heteroatoms. The van der Waals surface area contributed by atoms with Crippen molar-refractivity contribution in [1.29, 1.82) is 0 Å². The Bertz CT molecular complexity index is 632. The van der Waals surface area contributed by atoms with Gasteiger partial charge in [0.15, 0.2) is 0 Å². The Kier molecular flexibility index (Phi) is 4.34. The summed E-state index contributed by atoms with van der Waals surface area (Å²) in [5.41, 5.74) is 1.53. The average Bonchev–Trinajstić information content (AvgIpc) is 2.98. The Labute approximate surface area is 127 Å². The van der Waals surface area contributed by atoms with E-state index in [4.69, 9.17) is 9.52 Å². The van der Waals surface area contributed by atoms with Crippen molar-refractivity contribution in [3.63, 3.8) is 0 Å². The highest BCUT2D eigenvalue weighted by Gasteiger charge is 2.21. The van der Waals surface area contributed by atoms with Crippen molar-refractivity contribution in [2.24, 2.45) is 0 Å². The second-order valence-corrected chi connectivity index (χ2v) is 5.38. The third-order valence-electron chi connectivity index (χ3n) is 3.65. The average molecular weight is 302 g/mol. The van der Waals surface area contributed by atoms with Crippen LogP contribution in [0.5, 0.6) is 0 Å². The molecule has 0 amide bonds. The van der Waals surface area contributed by atoms with Gasteiger partial charge >= 0.3 is 12.0 Å². The van der Waals surface area contributed by atoms with E-state index in [0.29, 0.717) is 11.9 Å².